The van der Waals surface area contributed by atoms with Crippen molar-refractivity contribution in [3.05, 3.63) is 24.5 Å². The van der Waals surface area contributed by atoms with Crippen molar-refractivity contribution in [1.29, 1.82) is 0 Å². The lowest BCUT2D eigenvalue weighted by Crippen LogP contribution is -2.56. The molecule has 0 aliphatic rings. The predicted octanol–water partition coefficient (Wildman–Crippen LogP) is 1.34. The normalized spacial score (nSPS) is 11.7. The van der Waals surface area contributed by atoms with E-state index in [0.717, 1.165) is 5.19 Å². The minimum atomic E-state index is -2.71. The largest absolute Gasteiger partial charge is 0.537 e. The lowest BCUT2D eigenvalue weighted by atomic mass is 10.5. The summed E-state index contributed by atoms with van der Waals surface area (Å²) in [5.74, 6) is 0. The molecule has 0 unspecified atom stereocenters. The third-order valence-electron chi connectivity index (χ3n) is 2.04. The van der Waals surface area contributed by atoms with Crippen LogP contribution in [-0.4, -0.2) is 33.6 Å². The topological polar surface area (TPSA) is 40.6 Å². The molecular weight excluding hydrogens is 222 g/mol. The van der Waals surface area contributed by atoms with E-state index < -0.39 is 8.80 Å². The van der Waals surface area contributed by atoms with Crippen LogP contribution in [-0.2, 0) is 13.3 Å². The Kier molecular flexibility index (Phi) is 5.62. The van der Waals surface area contributed by atoms with Gasteiger partial charge in [0.05, 0.1) is 0 Å². The Morgan fingerprint density at radius 1 is 0.938 bits per heavy atom. The van der Waals surface area contributed by atoms with Crippen LogP contribution in [0.25, 0.3) is 0 Å². The summed E-state index contributed by atoms with van der Waals surface area (Å²) in [7, 11) is -2.71. The molecule has 0 bridgehead atoms. The summed E-state index contributed by atoms with van der Waals surface area (Å²) >= 11 is 0. The molecule has 0 amide bonds. The average molecular weight is 241 g/mol. The number of nitrogens with zero attached hydrogens (tertiary/aromatic N) is 1. The van der Waals surface area contributed by atoms with Crippen LogP contribution in [0.15, 0.2) is 24.5 Å². The van der Waals surface area contributed by atoms with E-state index in [2.05, 4.69) is 4.98 Å². The first-order valence-electron chi connectivity index (χ1n) is 5.61. The molecule has 0 N–H and O–H groups in total. The van der Waals surface area contributed by atoms with Crippen molar-refractivity contribution < 1.29 is 13.3 Å². The van der Waals surface area contributed by atoms with E-state index in [1.54, 1.807) is 12.4 Å². The van der Waals surface area contributed by atoms with Crippen molar-refractivity contribution in [2.24, 2.45) is 0 Å². The van der Waals surface area contributed by atoms with Gasteiger partial charge < -0.3 is 13.3 Å². The standard InChI is InChI=1S/C11H19NO3Si/c1-4-13-16(14-5-2,15-6-3)11-7-9-12-10-8-11/h7-10H,4-6H2,1-3H3. The molecule has 0 saturated heterocycles. The zero-order valence-corrected chi connectivity index (χ0v) is 11.1. The summed E-state index contributed by atoms with van der Waals surface area (Å²) in [6.45, 7) is 7.57. The van der Waals surface area contributed by atoms with E-state index in [9.17, 15) is 0 Å². The van der Waals surface area contributed by atoms with Crippen molar-refractivity contribution in [2.45, 2.75) is 20.8 Å². The van der Waals surface area contributed by atoms with E-state index in [1.165, 1.54) is 0 Å². The lowest BCUT2D eigenvalue weighted by molar-refractivity contribution is 0.0859. The quantitative estimate of drug-likeness (QED) is 0.675. The molecule has 1 aromatic heterocycles. The molecule has 0 fully saturated rings. The lowest BCUT2D eigenvalue weighted by Gasteiger charge is -2.28. The highest BCUT2D eigenvalue weighted by molar-refractivity contribution is 6.75. The van der Waals surface area contributed by atoms with Gasteiger partial charge in [-0.2, -0.15) is 0 Å². The minimum Gasteiger partial charge on any atom is -0.370 e. The highest BCUT2D eigenvalue weighted by atomic mass is 28.4. The van der Waals surface area contributed by atoms with Gasteiger partial charge in [-0.15, -0.1) is 0 Å². The van der Waals surface area contributed by atoms with Gasteiger partial charge in [-0.1, -0.05) is 0 Å². The van der Waals surface area contributed by atoms with Crippen LogP contribution in [0.2, 0.25) is 0 Å². The number of hydrogen-bond donors (Lipinski definition) is 0. The maximum absolute atomic E-state index is 5.76. The summed E-state index contributed by atoms with van der Waals surface area (Å²) in [4.78, 5) is 3.99. The van der Waals surface area contributed by atoms with Crippen LogP contribution in [0.4, 0.5) is 0 Å². The average Bonchev–Trinajstić information content (AvgIpc) is 2.31. The minimum absolute atomic E-state index is 0.578. The Morgan fingerprint density at radius 2 is 1.38 bits per heavy atom. The molecule has 1 aromatic rings. The Bertz CT molecular complexity index is 278. The van der Waals surface area contributed by atoms with E-state index in [1.807, 2.05) is 32.9 Å². The zero-order valence-electron chi connectivity index (χ0n) is 10.1. The van der Waals surface area contributed by atoms with Crippen molar-refractivity contribution in [3.8, 4) is 0 Å². The molecule has 0 saturated carbocycles. The molecule has 0 atom stereocenters. The summed E-state index contributed by atoms with van der Waals surface area (Å²) in [5, 5.41) is 0.966. The summed E-state index contributed by atoms with van der Waals surface area (Å²) in [5.41, 5.74) is 0. The maximum Gasteiger partial charge on any atom is 0.537 e. The zero-order chi connectivity index (χ0) is 11.9. The van der Waals surface area contributed by atoms with Crippen LogP contribution >= 0.6 is 0 Å². The molecule has 1 rings (SSSR count). The first kappa shape index (κ1) is 13.3. The van der Waals surface area contributed by atoms with Gasteiger partial charge >= 0.3 is 8.80 Å². The fourth-order valence-corrected chi connectivity index (χ4v) is 3.95. The first-order valence-corrected chi connectivity index (χ1v) is 7.33. The Hall–Kier alpha value is -0.753. The van der Waals surface area contributed by atoms with E-state index in [0.29, 0.717) is 19.8 Å². The smallest absolute Gasteiger partial charge is 0.370 e. The Labute approximate surface area is 97.9 Å². The van der Waals surface area contributed by atoms with E-state index in [4.69, 9.17) is 13.3 Å². The van der Waals surface area contributed by atoms with Gasteiger partial charge in [0.25, 0.3) is 0 Å². The van der Waals surface area contributed by atoms with Crippen LogP contribution in [0.5, 0.6) is 0 Å². The monoisotopic (exact) mass is 241 g/mol. The third kappa shape index (κ3) is 3.12. The second-order valence-corrected chi connectivity index (χ2v) is 5.65. The number of hydrogen-bond acceptors (Lipinski definition) is 4. The van der Waals surface area contributed by atoms with Gasteiger partial charge in [0.1, 0.15) is 0 Å². The van der Waals surface area contributed by atoms with Crippen LogP contribution in [0, 0.1) is 0 Å². The molecule has 0 aliphatic heterocycles. The summed E-state index contributed by atoms with van der Waals surface area (Å²) in [6.07, 6.45) is 3.46. The molecule has 16 heavy (non-hydrogen) atoms. The molecule has 0 radical (unpaired) electrons. The van der Waals surface area contributed by atoms with Crippen molar-refractivity contribution >= 4 is 14.0 Å². The maximum atomic E-state index is 5.76. The number of aromatic nitrogens is 1. The van der Waals surface area contributed by atoms with Gasteiger partial charge in [0.15, 0.2) is 0 Å². The SMILES string of the molecule is CCO[Si](OCC)(OCC)c1ccncc1. The van der Waals surface area contributed by atoms with E-state index >= 15 is 0 Å². The first-order chi connectivity index (χ1) is 7.79. The van der Waals surface area contributed by atoms with Crippen molar-refractivity contribution in [1.82, 2.24) is 4.98 Å². The van der Waals surface area contributed by atoms with Gasteiger partial charge in [-0.3, -0.25) is 4.98 Å². The molecular formula is C11H19NO3Si. The Balaban J connectivity index is 2.99. The van der Waals surface area contributed by atoms with E-state index in [-0.39, 0.29) is 0 Å². The third-order valence-corrected chi connectivity index (χ3v) is 5.08. The van der Waals surface area contributed by atoms with Gasteiger partial charge in [0, 0.05) is 37.4 Å². The molecule has 0 spiro atoms. The van der Waals surface area contributed by atoms with Crippen molar-refractivity contribution in [2.75, 3.05) is 19.8 Å². The van der Waals surface area contributed by atoms with Crippen LogP contribution < -0.4 is 5.19 Å². The highest BCUT2D eigenvalue weighted by Crippen LogP contribution is 2.10. The van der Waals surface area contributed by atoms with Gasteiger partial charge in [0.2, 0.25) is 0 Å². The number of rotatable bonds is 7. The van der Waals surface area contributed by atoms with Crippen LogP contribution in [0.1, 0.15) is 20.8 Å². The molecule has 0 aromatic carbocycles. The van der Waals surface area contributed by atoms with Gasteiger partial charge in [-0.25, -0.2) is 0 Å². The summed E-state index contributed by atoms with van der Waals surface area (Å²) in [6, 6.07) is 3.79. The van der Waals surface area contributed by atoms with Gasteiger partial charge in [-0.05, 0) is 32.9 Å². The molecule has 0 aliphatic carbocycles. The van der Waals surface area contributed by atoms with Crippen molar-refractivity contribution in [3.63, 3.8) is 0 Å². The van der Waals surface area contributed by atoms with Crippen LogP contribution in [0.3, 0.4) is 0 Å². The molecule has 4 nitrogen and oxygen atoms in total. The second-order valence-electron chi connectivity index (χ2n) is 3.09. The molecule has 5 heteroatoms. The fraction of sp³-hybridized carbons (Fsp3) is 0.545. The molecule has 1 heterocycles. The Morgan fingerprint density at radius 3 is 1.75 bits per heavy atom. The summed E-state index contributed by atoms with van der Waals surface area (Å²) < 4.78 is 17.3. The number of pyridine rings is 1. The molecule has 90 valence electrons. The second kappa shape index (κ2) is 6.75. The highest BCUT2D eigenvalue weighted by Gasteiger charge is 2.42. The fourth-order valence-electron chi connectivity index (χ4n) is 1.50. The predicted molar refractivity (Wildman–Crippen MR) is 64.5 cm³/mol.